The number of rotatable bonds is 4. The molecular formula is C13H16FN5O. The van der Waals surface area contributed by atoms with Crippen LogP contribution < -0.4 is 0 Å². The van der Waals surface area contributed by atoms with Gasteiger partial charge in [0.1, 0.15) is 5.82 Å². The number of nitrogens with zero attached hydrogens (tertiary/aromatic N) is 4. The maximum absolute atomic E-state index is 12.9. The Morgan fingerprint density at radius 3 is 2.95 bits per heavy atom. The number of aromatic nitrogens is 4. The molecule has 6 nitrogen and oxygen atoms in total. The predicted octanol–water partition coefficient (Wildman–Crippen LogP) is 0.955. The third kappa shape index (κ3) is 3.17. The van der Waals surface area contributed by atoms with Gasteiger partial charge in [-0.25, -0.2) is 4.39 Å². The van der Waals surface area contributed by atoms with Gasteiger partial charge in [0.05, 0.1) is 12.7 Å². The molecule has 2 heterocycles. The number of hydrogen-bond donors (Lipinski definition) is 1. The number of morpholine rings is 1. The molecule has 0 amide bonds. The number of H-pyrrole nitrogens is 1. The largest absolute Gasteiger partial charge is 0.371 e. The minimum Gasteiger partial charge on any atom is -0.371 e. The van der Waals surface area contributed by atoms with Crippen LogP contribution in [0.15, 0.2) is 24.3 Å². The van der Waals surface area contributed by atoms with Crippen LogP contribution in [0.3, 0.4) is 0 Å². The molecule has 1 saturated heterocycles. The molecule has 1 atom stereocenters. The van der Waals surface area contributed by atoms with E-state index in [9.17, 15) is 4.39 Å². The highest BCUT2D eigenvalue weighted by molar-refractivity contribution is 5.19. The van der Waals surface area contributed by atoms with Gasteiger partial charge in [0.2, 0.25) is 0 Å². The fourth-order valence-corrected chi connectivity index (χ4v) is 2.33. The average molecular weight is 277 g/mol. The van der Waals surface area contributed by atoms with Crippen molar-refractivity contribution in [1.82, 2.24) is 25.5 Å². The lowest BCUT2D eigenvalue weighted by molar-refractivity contribution is -0.0297. The minimum atomic E-state index is -0.224. The summed E-state index contributed by atoms with van der Waals surface area (Å²) in [7, 11) is 0. The molecule has 3 rings (SSSR count). The van der Waals surface area contributed by atoms with Crippen LogP contribution >= 0.6 is 0 Å². The summed E-state index contributed by atoms with van der Waals surface area (Å²) in [6, 6.07) is 6.50. The van der Waals surface area contributed by atoms with E-state index < -0.39 is 0 Å². The van der Waals surface area contributed by atoms with Gasteiger partial charge in [-0.05, 0) is 17.7 Å². The van der Waals surface area contributed by atoms with Crippen molar-refractivity contribution in [2.45, 2.75) is 12.5 Å². The quantitative estimate of drug-likeness (QED) is 0.901. The molecule has 20 heavy (non-hydrogen) atoms. The Hall–Kier alpha value is -1.86. The molecule has 1 aromatic heterocycles. The number of hydrogen-bond acceptors (Lipinski definition) is 5. The highest BCUT2D eigenvalue weighted by Gasteiger charge is 2.22. The van der Waals surface area contributed by atoms with Gasteiger partial charge in [0, 0.05) is 26.1 Å². The molecule has 1 N–H and O–H groups in total. The van der Waals surface area contributed by atoms with E-state index >= 15 is 0 Å². The molecule has 0 bridgehead atoms. The monoisotopic (exact) mass is 277 g/mol. The van der Waals surface area contributed by atoms with Crippen LogP contribution in [0.2, 0.25) is 0 Å². The maximum atomic E-state index is 12.9. The molecule has 0 spiro atoms. The second-order valence-electron chi connectivity index (χ2n) is 4.79. The van der Waals surface area contributed by atoms with Gasteiger partial charge in [-0.2, -0.15) is 5.21 Å². The van der Waals surface area contributed by atoms with Crippen molar-refractivity contribution in [3.63, 3.8) is 0 Å². The first kappa shape index (κ1) is 13.1. The van der Waals surface area contributed by atoms with Gasteiger partial charge in [-0.15, -0.1) is 10.2 Å². The summed E-state index contributed by atoms with van der Waals surface area (Å²) >= 11 is 0. The van der Waals surface area contributed by atoms with Crippen LogP contribution in [0.5, 0.6) is 0 Å². The van der Waals surface area contributed by atoms with Gasteiger partial charge in [-0.3, -0.25) is 4.90 Å². The molecule has 1 aliphatic rings. The second kappa shape index (κ2) is 6.06. The zero-order valence-electron chi connectivity index (χ0n) is 11.0. The van der Waals surface area contributed by atoms with Crippen LogP contribution in [0.25, 0.3) is 0 Å². The summed E-state index contributed by atoms with van der Waals surface area (Å²) in [5, 5.41) is 13.9. The molecule has 1 fully saturated rings. The average Bonchev–Trinajstić information content (AvgIpc) is 3.00. The molecule has 106 valence electrons. The Labute approximate surface area is 115 Å². The smallest absolute Gasteiger partial charge is 0.175 e. The highest BCUT2D eigenvalue weighted by atomic mass is 19.1. The lowest BCUT2D eigenvalue weighted by Gasteiger charge is -2.32. The number of ether oxygens (including phenoxy) is 1. The van der Waals surface area contributed by atoms with Crippen LogP contribution in [0.1, 0.15) is 17.5 Å². The van der Waals surface area contributed by atoms with Crippen LogP contribution in [-0.4, -0.2) is 51.8 Å². The van der Waals surface area contributed by atoms with Crippen LogP contribution in [0, 0.1) is 5.82 Å². The van der Waals surface area contributed by atoms with E-state index in [4.69, 9.17) is 4.74 Å². The van der Waals surface area contributed by atoms with Crippen molar-refractivity contribution < 1.29 is 9.13 Å². The molecule has 0 unspecified atom stereocenters. The lowest BCUT2D eigenvalue weighted by Crippen LogP contribution is -2.39. The number of benzene rings is 1. The van der Waals surface area contributed by atoms with Gasteiger partial charge in [-0.1, -0.05) is 17.3 Å². The Morgan fingerprint density at radius 2 is 2.20 bits per heavy atom. The summed E-state index contributed by atoms with van der Waals surface area (Å²) in [5.41, 5.74) is 1.01. The fourth-order valence-electron chi connectivity index (χ4n) is 2.33. The van der Waals surface area contributed by atoms with E-state index in [-0.39, 0.29) is 11.9 Å². The standard InChI is InChI=1S/C13H16FN5O/c14-11-3-1-10(2-4-11)12-9-19(7-8-20-12)6-5-13-15-17-18-16-13/h1-4,12H,5-9H2,(H,15,16,17,18)/t12-/m1/s1. The predicted molar refractivity (Wildman–Crippen MR) is 69.4 cm³/mol. The Bertz CT molecular complexity index is 530. The van der Waals surface area contributed by atoms with E-state index in [0.717, 1.165) is 37.4 Å². The minimum absolute atomic E-state index is 0.00498. The maximum Gasteiger partial charge on any atom is 0.175 e. The van der Waals surface area contributed by atoms with Crippen molar-refractivity contribution in [3.8, 4) is 0 Å². The van der Waals surface area contributed by atoms with Crippen LogP contribution in [0.4, 0.5) is 4.39 Å². The van der Waals surface area contributed by atoms with E-state index in [0.29, 0.717) is 6.61 Å². The summed E-state index contributed by atoms with van der Waals surface area (Å²) in [6.07, 6.45) is 0.752. The normalized spacial score (nSPS) is 20.1. The molecule has 0 aliphatic carbocycles. The Morgan fingerprint density at radius 1 is 1.35 bits per heavy atom. The number of nitrogens with one attached hydrogen (secondary N) is 1. The second-order valence-corrected chi connectivity index (χ2v) is 4.79. The first-order valence-electron chi connectivity index (χ1n) is 6.63. The topological polar surface area (TPSA) is 66.9 Å². The van der Waals surface area contributed by atoms with Crippen molar-refractivity contribution in [3.05, 3.63) is 41.5 Å². The molecule has 1 aromatic carbocycles. The highest BCUT2D eigenvalue weighted by Crippen LogP contribution is 2.22. The third-order valence-corrected chi connectivity index (χ3v) is 3.43. The number of aromatic amines is 1. The van der Waals surface area contributed by atoms with Crippen molar-refractivity contribution in [2.75, 3.05) is 26.2 Å². The molecule has 7 heteroatoms. The molecule has 0 saturated carbocycles. The fraction of sp³-hybridized carbons (Fsp3) is 0.462. The zero-order chi connectivity index (χ0) is 13.8. The summed E-state index contributed by atoms with van der Waals surface area (Å²) in [4.78, 5) is 2.30. The number of tetrazole rings is 1. The first-order chi connectivity index (χ1) is 9.81. The van der Waals surface area contributed by atoms with E-state index in [1.54, 1.807) is 12.1 Å². The molecule has 2 aromatic rings. The van der Waals surface area contributed by atoms with Gasteiger partial charge >= 0.3 is 0 Å². The van der Waals surface area contributed by atoms with Gasteiger partial charge < -0.3 is 4.74 Å². The lowest BCUT2D eigenvalue weighted by atomic mass is 10.1. The Kier molecular flexibility index (Phi) is 3.98. The molecule has 1 aliphatic heterocycles. The zero-order valence-corrected chi connectivity index (χ0v) is 11.0. The van der Waals surface area contributed by atoms with Gasteiger partial charge in [0.15, 0.2) is 5.82 Å². The summed E-state index contributed by atoms with van der Waals surface area (Å²) in [6.45, 7) is 3.22. The van der Waals surface area contributed by atoms with E-state index in [1.807, 2.05) is 0 Å². The third-order valence-electron chi connectivity index (χ3n) is 3.43. The van der Waals surface area contributed by atoms with Crippen molar-refractivity contribution in [2.24, 2.45) is 0 Å². The van der Waals surface area contributed by atoms with E-state index in [1.165, 1.54) is 12.1 Å². The number of halogens is 1. The van der Waals surface area contributed by atoms with Crippen LogP contribution in [-0.2, 0) is 11.2 Å². The summed E-state index contributed by atoms with van der Waals surface area (Å²) < 4.78 is 18.7. The van der Waals surface area contributed by atoms with E-state index in [2.05, 4.69) is 25.5 Å². The first-order valence-corrected chi connectivity index (χ1v) is 6.63. The molecule has 0 radical (unpaired) electrons. The van der Waals surface area contributed by atoms with Crippen molar-refractivity contribution in [1.29, 1.82) is 0 Å². The SMILES string of the molecule is Fc1ccc([C@H]2CN(CCc3nn[nH]n3)CCO2)cc1. The van der Waals surface area contributed by atoms with Crippen molar-refractivity contribution >= 4 is 0 Å². The van der Waals surface area contributed by atoms with Gasteiger partial charge in [0.25, 0.3) is 0 Å². The molecular weight excluding hydrogens is 261 g/mol. The Balaban J connectivity index is 1.57. The summed E-state index contributed by atoms with van der Waals surface area (Å²) in [5.74, 6) is 0.494.